The summed E-state index contributed by atoms with van der Waals surface area (Å²) in [5, 5.41) is 19.8. The van der Waals surface area contributed by atoms with Crippen LogP contribution in [0.25, 0.3) is 0 Å². The highest BCUT2D eigenvalue weighted by atomic mass is 16.3. The van der Waals surface area contributed by atoms with Crippen LogP contribution in [0.15, 0.2) is 60.7 Å². The van der Waals surface area contributed by atoms with Crippen LogP contribution in [0, 0.1) is 17.8 Å². The molecule has 2 aromatic carbocycles. The number of nitrogens with one attached hydrogen (secondary N) is 3. The zero-order chi connectivity index (χ0) is 66.7. The standard InChI is InChI=1S/C66H103N11O12/c1-17-43(6)56-65(88)75(15)52(37-42(4)5)64(87)74(14)50(38-47-28-21-18-22-29-47)60(83)69-57(46(9)78)66(89)76(16)53(39-48-30-23-19-24-31-48)63(86)71(11)44(7)58(81)67-49(61(84)77-34-25-20-26-35-77)40-55(80)70(10)33-27-32-54(79)73(13)51(36-41(2)3)62(85)72(12)45(8)59(82)68-56/h18-19,21-24,28-31,41-46,49-53,56-57,78H,17,20,25-27,32-40H2,1-16H3,(H,67,81)(H,68,82)(H,69,83)/t43-,44-,45-,46+,49-,50-,51-,52-,53-,56-,57-/m0/s1. The second-order valence-corrected chi connectivity index (χ2v) is 25.5. The van der Waals surface area contributed by atoms with Gasteiger partial charge < -0.3 is 60.3 Å². The first kappa shape index (κ1) is 74.0. The van der Waals surface area contributed by atoms with Crippen LogP contribution in [-0.2, 0) is 65.6 Å². The molecule has 89 heavy (non-hydrogen) atoms. The molecule has 0 saturated carbocycles. The van der Waals surface area contributed by atoms with Crippen molar-refractivity contribution in [2.75, 3.05) is 69.0 Å². The molecular formula is C66H103N11O12. The zero-order valence-electron chi connectivity index (χ0n) is 55.7. The fourth-order valence-electron chi connectivity index (χ4n) is 11.2. The van der Waals surface area contributed by atoms with E-state index < -0.39 is 138 Å². The fourth-order valence-corrected chi connectivity index (χ4v) is 11.2. The maximum Gasteiger partial charge on any atom is 0.248 e. The summed E-state index contributed by atoms with van der Waals surface area (Å²) in [5.41, 5.74) is 1.26. The van der Waals surface area contributed by atoms with Gasteiger partial charge in [0.25, 0.3) is 0 Å². The number of hydrogen-bond acceptors (Lipinski definition) is 12. The van der Waals surface area contributed by atoms with Gasteiger partial charge in [-0.1, -0.05) is 109 Å². The van der Waals surface area contributed by atoms with Crippen molar-refractivity contribution in [2.24, 2.45) is 17.8 Å². The first-order valence-corrected chi connectivity index (χ1v) is 31.6. The number of piperidine rings is 1. The molecule has 0 aromatic heterocycles. The molecule has 0 unspecified atom stereocenters. The van der Waals surface area contributed by atoms with E-state index in [-0.39, 0.29) is 56.9 Å². The minimum absolute atomic E-state index is 0.0678. The van der Waals surface area contributed by atoms with Crippen LogP contribution in [0.1, 0.15) is 131 Å². The van der Waals surface area contributed by atoms with Gasteiger partial charge in [0.05, 0.1) is 12.5 Å². The van der Waals surface area contributed by atoms with Crippen molar-refractivity contribution in [3.05, 3.63) is 71.8 Å². The summed E-state index contributed by atoms with van der Waals surface area (Å²) in [4.78, 5) is 171. The molecule has 0 radical (unpaired) electrons. The minimum atomic E-state index is -1.70. The summed E-state index contributed by atoms with van der Waals surface area (Å²) >= 11 is 0. The molecule has 2 aliphatic heterocycles. The van der Waals surface area contributed by atoms with Gasteiger partial charge in [-0.25, -0.2) is 0 Å². The number of carbonyl (C=O) groups excluding carboxylic acids is 11. The van der Waals surface area contributed by atoms with E-state index in [9.17, 15) is 33.9 Å². The molecule has 23 heteroatoms. The third kappa shape index (κ3) is 20.3. The molecule has 2 aromatic rings. The first-order valence-electron chi connectivity index (χ1n) is 31.6. The van der Waals surface area contributed by atoms with Crippen molar-refractivity contribution in [3.8, 4) is 0 Å². The Hall–Kier alpha value is -7.43. The number of aliphatic hydroxyl groups excluding tert-OH is 1. The molecule has 2 heterocycles. The minimum Gasteiger partial charge on any atom is -0.391 e. The van der Waals surface area contributed by atoms with Crippen molar-refractivity contribution in [3.63, 3.8) is 0 Å². The number of aliphatic hydroxyl groups is 1. The summed E-state index contributed by atoms with van der Waals surface area (Å²) in [5.74, 6) is -7.72. The normalized spacial score (nSPS) is 26.0. The van der Waals surface area contributed by atoms with Crippen molar-refractivity contribution in [2.45, 2.75) is 193 Å². The fraction of sp³-hybridized carbons (Fsp3) is 0.652. The Morgan fingerprint density at radius 3 is 1.42 bits per heavy atom. The first-order chi connectivity index (χ1) is 41.8. The van der Waals surface area contributed by atoms with Gasteiger partial charge in [0.2, 0.25) is 65.0 Å². The van der Waals surface area contributed by atoms with Gasteiger partial charge in [-0.05, 0) is 88.2 Å². The Morgan fingerprint density at radius 2 is 0.921 bits per heavy atom. The summed E-state index contributed by atoms with van der Waals surface area (Å²) in [7, 11) is 10.1. The van der Waals surface area contributed by atoms with Crippen LogP contribution < -0.4 is 16.0 Å². The number of hydrogen-bond donors (Lipinski definition) is 4. The summed E-state index contributed by atoms with van der Waals surface area (Å²) in [6.07, 6.45) is 1.07. The maximum absolute atomic E-state index is 15.3. The molecule has 0 bridgehead atoms. The van der Waals surface area contributed by atoms with Crippen LogP contribution in [-0.4, -0.2) is 239 Å². The molecule has 4 rings (SSSR count). The number of carbonyl (C=O) groups is 11. The van der Waals surface area contributed by atoms with E-state index in [1.807, 2.05) is 34.6 Å². The topological polar surface area (TPSA) is 270 Å². The third-order valence-electron chi connectivity index (χ3n) is 17.8. The number of rotatable bonds is 12. The average molecular weight is 1240 g/mol. The molecule has 2 aliphatic rings. The molecule has 23 nitrogen and oxygen atoms in total. The predicted molar refractivity (Wildman–Crippen MR) is 339 cm³/mol. The van der Waals surface area contributed by atoms with Crippen molar-refractivity contribution < 1.29 is 57.8 Å². The Morgan fingerprint density at radius 1 is 0.494 bits per heavy atom. The van der Waals surface area contributed by atoms with E-state index in [4.69, 9.17) is 0 Å². The molecule has 494 valence electrons. The summed E-state index contributed by atoms with van der Waals surface area (Å²) in [6, 6.07) is 6.08. The van der Waals surface area contributed by atoms with E-state index in [0.717, 1.165) is 29.1 Å². The highest BCUT2D eigenvalue weighted by Crippen LogP contribution is 2.23. The number of amides is 11. The van der Waals surface area contributed by atoms with E-state index in [1.165, 1.54) is 94.6 Å². The molecule has 11 atom stereocenters. The summed E-state index contributed by atoms with van der Waals surface area (Å²) in [6.45, 7) is 16.4. The lowest BCUT2D eigenvalue weighted by molar-refractivity contribution is -0.152. The second kappa shape index (κ2) is 34.5. The van der Waals surface area contributed by atoms with Gasteiger partial charge in [0.15, 0.2) is 0 Å². The van der Waals surface area contributed by atoms with Crippen molar-refractivity contribution in [1.82, 2.24) is 55.1 Å². The van der Waals surface area contributed by atoms with Gasteiger partial charge in [-0.15, -0.1) is 0 Å². The molecule has 0 aliphatic carbocycles. The molecule has 2 fully saturated rings. The molecule has 2 saturated heterocycles. The van der Waals surface area contributed by atoms with Gasteiger partial charge in [-0.2, -0.15) is 0 Å². The van der Waals surface area contributed by atoms with E-state index in [1.54, 1.807) is 72.5 Å². The smallest absolute Gasteiger partial charge is 0.248 e. The largest absolute Gasteiger partial charge is 0.391 e. The van der Waals surface area contributed by atoms with Crippen LogP contribution in [0.3, 0.4) is 0 Å². The zero-order valence-corrected chi connectivity index (χ0v) is 55.7. The molecule has 4 N–H and O–H groups in total. The number of benzene rings is 2. The number of likely N-dealkylation sites (N-methyl/N-ethyl adjacent to an activating group) is 6. The van der Waals surface area contributed by atoms with Gasteiger partial charge >= 0.3 is 0 Å². The Kier molecular flexibility index (Phi) is 28.7. The lowest BCUT2D eigenvalue weighted by Crippen LogP contribution is -2.63. The lowest BCUT2D eigenvalue weighted by atomic mass is 9.94. The van der Waals surface area contributed by atoms with Crippen LogP contribution in [0.4, 0.5) is 0 Å². The van der Waals surface area contributed by atoms with Gasteiger partial charge in [-0.3, -0.25) is 52.7 Å². The predicted octanol–water partition coefficient (Wildman–Crippen LogP) is 3.10. The third-order valence-corrected chi connectivity index (χ3v) is 17.8. The average Bonchev–Trinajstić information content (AvgIpc) is 3.36. The molecule has 11 amide bonds. The lowest BCUT2D eigenvalue weighted by Gasteiger charge is -2.39. The number of nitrogens with zero attached hydrogens (tertiary/aromatic N) is 8. The maximum atomic E-state index is 15.3. The number of likely N-dealkylation sites (tertiary alicyclic amines) is 1. The van der Waals surface area contributed by atoms with Gasteiger partial charge in [0.1, 0.15) is 54.4 Å². The van der Waals surface area contributed by atoms with E-state index >= 15 is 24.0 Å². The monoisotopic (exact) mass is 1240 g/mol. The SMILES string of the molecule is CC[C@H](C)[C@@H]1NC(=O)[C@H](C)N(C)C(=O)[C@H](CC(C)C)N(C)C(=O)CCCN(C)C(=O)C[C@@H](C(=O)N2CCCCC2)NC(=O)[C@H](C)N(C)C(=O)[C@H](Cc2ccccc2)N(C)C(=O)[C@H]([C@@H](C)O)NC(=O)[C@H](Cc2ccccc2)N(C)C(=O)[C@H](CC(C)C)N(C)C1=O. The highest BCUT2D eigenvalue weighted by molar-refractivity contribution is 5.99. The van der Waals surface area contributed by atoms with Crippen molar-refractivity contribution in [1.29, 1.82) is 0 Å². The van der Waals surface area contributed by atoms with E-state index in [2.05, 4.69) is 16.0 Å². The Bertz CT molecular complexity index is 2740. The van der Waals surface area contributed by atoms with E-state index in [0.29, 0.717) is 30.6 Å². The van der Waals surface area contributed by atoms with Gasteiger partial charge in [0, 0.05) is 88.2 Å². The second-order valence-electron chi connectivity index (χ2n) is 25.5. The van der Waals surface area contributed by atoms with Crippen molar-refractivity contribution >= 4 is 65.0 Å². The quantitative estimate of drug-likeness (QED) is 0.239. The molecule has 0 spiro atoms. The molecular weight excluding hydrogens is 1140 g/mol. The summed E-state index contributed by atoms with van der Waals surface area (Å²) < 4.78 is 0. The van der Waals surface area contributed by atoms with Crippen LogP contribution in [0.2, 0.25) is 0 Å². The Balaban J connectivity index is 1.88. The van der Waals surface area contributed by atoms with Crippen LogP contribution in [0.5, 0.6) is 0 Å². The van der Waals surface area contributed by atoms with Crippen LogP contribution >= 0.6 is 0 Å². The Labute approximate surface area is 527 Å². The highest BCUT2D eigenvalue weighted by Gasteiger charge is 2.44.